The van der Waals surface area contributed by atoms with Crippen LogP contribution in [0.3, 0.4) is 0 Å². The Morgan fingerprint density at radius 2 is 1.68 bits per heavy atom. The van der Waals surface area contributed by atoms with Gasteiger partial charge in [0, 0.05) is 12.3 Å². The predicted molar refractivity (Wildman–Crippen MR) is 124 cm³/mol. The summed E-state index contributed by atoms with van der Waals surface area (Å²) in [7, 11) is 0. The molecular weight excluding hydrogens is 434 g/mol. The fraction of sp³-hybridized carbons (Fsp3) is 0.385. The number of hydrogen-bond acceptors (Lipinski definition) is 5. The first kappa shape index (κ1) is 23.3. The molecule has 0 spiro atoms. The Balaban J connectivity index is 1.40. The summed E-state index contributed by atoms with van der Waals surface area (Å²) < 4.78 is 5.54. The molecule has 2 aromatic rings. The van der Waals surface area contributed by atoms with Crippen molar-refractivity contribution >= 4 is 18.0 Å². The van der Waals surface area contributed by atoms with E-state index in [2.05, 4.69) is 16.7 Å². The molecule has 4 rings (SSSR count). The third-order valence-electron chi connectivity index (χ3n) is 6.51. The molecule has 0 aromatic heterocycles. The van der Waals surface area contributed by atoms with Crippen molar-refractivity contribution in [1.29, 1.82) is 5.26 Å². The smallest absolute Gasteiger partial charge is 0.407 e. The monoisotopic (exact) mass is 461 g/mol. The van der Waals surface area contributed by atoms with Crippen LogP contribution in [-0.2, 0) is 14.3 Å². The molecule has 8 nitrogen and oxygen atoms in total. The van der Waals surface area contributed by atoms with E-state index in [1.165, 1.54) is 0 Å². The number of nitriles is 1. The van der Waals surface area contributed by atoms with Crippen molar-refractivity contribution in [3.05, 3.63) is 59.7 Å². The van der Waals surface area contributed by atoms with Gasteiger partial charge in [-0.05, 0) is 54.4 Å². The number of amides is 2. The van der Waals surface area contributed by atoms with Crippen LogP contribution in [0.1, 0.15) is 55.6 Å². The predicted octanol–water partition coefficient (Wildman–Crippen LogP) is 3.71. The van der Waals surface area contributed by atoms with E-state index in [1.54, 1.807) is 0 Å². The molecule has 0 aliphatic heterocycles. The van der Waals surface area contributed by atoms with E-state index in [-0.39, 0.29) is 18.9 Å². The molecular formula is C26H27N3O5. The standard InChI is InChI=1S/C26H27N3O5/c27-15-7-1-2-12-22(23(30)29-26(13-14-26)24(31)32)28-25(33)34-16-21-19-10-5-3-8-17(19)18-9-4-6-11-20(18)21/h3-6,8-11,21-22H,1-2,7,12-14,16H2,(H,28,33)(H,29,30)(H,31,32). The zero-order valence-electron chi connectivity index (χ0n) is 18.8. The van der Waals surface area contributed by atoms with Gasteiger partial charge < -0.3 is 20.5 Å². The first-order valence-corrected chi connectivity index (χ1v) is 11.5. The van der Waals surface area contributed by atoms with Gasteiger partial charge in [-0.25, -0.2) is 9.59 Å². The van der Waals surface area contributed by atoms with Gasteiger partial charge in [0.05, 0.1) is 6.07 Å². The number of nitrogens with zero attached hydrogens (tertiary/aromatic N) is 1. The van der Waals surface area contributed by atoms with Crippen LogP contribution in [0.25, 0.3) is 11.1 Å². The van der Waals surface area contributed by atoms with Crippen molar-refractivity contribution in [2.75, 3.05) is 6.61 Å². The molecule has 2 aliphatic rings. The summed E-state index contributed by atoms with van der Waals surface area (Å²) >= 11 is 0. The Labute approximate surface area is 197 Å². The van der Waals surface area contributed by atoms with Crippen LogP contribution >= 0.6 is 0 Å². The third-order valence-corrected chi connectivity index (χ3v) is 6.51. The highest BCUT2D eigenvalue weighted by atomic mass is 16.5. The van der Waals surface area contributed by atoms with Crippen LogP contribution in [0.5, 0.6) is 0 Å². The van der Waals surface area contributed by atoms with Crippen LogP contribution in [0.15, 0.2) is 48.5 Å². The van der Waals surface area contributed by atoms with Gasteiger partial charge >= 0.3 is 12.1 Å². The molecule has 0 bridgehead atoms. The Morgan fingerprint density at radius 3 is 2.24 bits per heavy atom. The average Bonchev–Trinajstić information content (AvgIpc) is 3.55. The first-order valence-electron chi connectivity index (χ1n) is 11.5. The number of benzene rings is 2. The van der Waals surface area contributed by atoms with Crippen LogP contribution in [0.4, 0.5) is 4.79 Å². The Morgan fingerprint density at radius 1 is 1.06 bits per heavy atom. The van der Waals surface area contributed by atoms with Crippen LogP contribution in [0, 0.1) is 11.3 Å². The second-order valence-electron chi connectivity index (χ2n) is 8.80. The number of aliphatic carboxylic acids is 1. The maximum Gasteiger partial charge on any atom is 0.407 e. The number of ether oxygens (including phenoxy) is 1. The lowest BCUT2D eigenvalue weighted by atomic mass is 9.98. The van der Waals surface area contributed by atoms with E-state index in [1.807, 2.05) is 48.5 Å². The van der Waals surface area contributed by atoms with E-state index in [9.17, 15) is 19.5 Å². The normalized spacial score (nSPS) is 15.9. The molecule has 8 heteroatoms. The Bertz CT molecular complexity index is 1090. The lowest BCUT2D eigenvalue weighted by molar-refractivity contribution is -0.143. The zero-order chi connectivity index (χ0) is 24.1. The summed E-state index contributed by atoms with van der Waals surface area (Å²) in [6, 6.07) is 17.1. The summed E-state index contributed by atoms with van der Waals surface area (Å²) in [6.07, 6.45) is 1.74. The minimum absolute atomic E-state index is 0.109. The average molecular weight is 462 g/mol. The number of unbranched alkanes of at least 4 members (excludes halogenated alkanes) is 2. The minimum Gasteiger partial charge on any atom is -0.480 e. The number of carboxylic acid groups (broad SMARTS) is 1. The van der Waals surface area contributed by atoms with Gasteiger partial charge in [0.2, 0.25) is 5.91 Å². The van der Waals surface area contributed by atoms with Gasteiger partial charge in [0.25, 0.3) is 0 Å². The van der Waals surface area contributed by atoms with Crippen molar-refractivity contribution < 1.29 is 24.2 Å². The second-order valence-corrected chi connectivity index (χ2v) is 8.80. The number of nitrogens with one attached hydrogen (secondary N) is 2. The highest BCUT2D eigenvalue weighted by Crippen LogP contribution is 2.44. The molecule has 1 saturated carbocycles. The third kappa shape index (κ3) is 4.88. The summed E-state index contributed by atoms with van der Waals surface area (Å²) in [5, 5.41) is 23.3. The second kappa shape index (κ2) is 9.96. The molecule has 0 saturated heterocycles. The van der Waals surface area contributed by atoms with Gasteiger partial charge in [-0.1, -0.05) is 48.5 Å². The summed E-state index contributed by atoms with van der Waals surface area (Å²) in [5.74, 6) is -1.74. The van der Waals surface area contributed by atoms with Crippen molar-refractivity contribution in [2.24, 2.45) is 0 Å². The van der Waals surface area contributed by atoms with E-state index < -0.39 is 29.6 Å². The van der Waals surface area contributed by atoms with Gasteiger partial charge in [0.1, 0.15) is 18.2 Å². The minimum atomic E-state index is -1.25. The molecule has 0 heterocycles. The quantitative estimate of drug-likeness (QED) is 0.463. The zero-order valence-corrected chi connectivity index (χ0v) is 18.8. The molecule has 2 amide bonds. The number of carbonyl (C=O) groups excluding carboxylic acids is 2. The summed E-state index contributed by atoms with van der Waals surface area (Å²) in [5.41, 5.74) is 3.15. The van der Waals surface area contributed by atoms with Crippen molar-refractivity contribution in [3.63, 3.8) is 0 Å². The lowest BCUT2D eigenvalue weighted by Gasteiger charge is -2.21. The first-order chi connectivity index (χ1) is 16.4. The number of alkyl carbamates (subject to hydrolysis) is 1. The summed E-state index contributed by atoms with van der Waals surface area (Å²) in [4.78, 5) is 36.9. The fourth-order valence-corrected chi connectivity index (χ4v) is 4.44. The maximum absolute atomic E-state index is 12.8. The van der Waals surface area contributed by atoms with Gasteiger partial charge in [-0.3, -0.25) is 4.79 Å². The largest absolute Gasteiger partial charge is 0.480 e. The molecule has 2 aliphatic carbocycles. The van der Waals surface area contributed by atoms with Gasteiger partial charge in [0.15, 0.2) is 0 Å². The van der Waals surface area contributed by atoms with Gasteiger partial charge in [-0.15, -0.1) is 0 Å². The van der Waals surface area contributed by atoms with E-state index in [4.69, 9.17) is 10.00 Å². The molecule has 0 radical (unpaired) electrons. The topological polar surface area (TPSA) is 129 Å². The lowest BCUT2D eigenvalue weighted by Crippen LogP contribution is -2.53. The summed E-state index contributed by atoms with van der Waals surface area (Å²) in [6.45, 7) is 0.113. The molecule has 2 aromatic carbocycles. The molecule has 176 valence electrons. The van der Waals surface area contributed by atoms with Crippen molar-refractivity contribution in [3.8, 4) is 17.2 Å². The number of carbonyl (C=O) groups is 3. The highest BCUT2D eigenvalue weighted by Gasteiger charge is 2.52. The van der Waals surface area contributed by atoms with Crippen molar-refractivity contribution in [1.82, 2.24) is 10.6 Å². The molecule has 34 heavy (non-hydrogen) atoms. The van der Waals surface area contributed by atoms with Crippen LogP contribution < -0.4 is 10.6 Å². The number of fused-ring (bicyclic) bond motifs is 3. The van der Waals surface area contributed by atoms with E-state index >= 15 is 0 Å². The van der Waals surface area contributed by atoms with E-state index in [0.717, 1.165) is 22.3 Å². The fourth-order valence-electron chi connectivity index (χ4n) is 4.44. The maximum atomic E-state index is 12.8. The molecule has 1 unspecified atom stereocenters. The van der Waals surface area contributed by atoms with E-state index in [0.29, 0.717) is 32.1 Å². The van der Waals surface area contributed by atoms with Crippen LogP contribution in [-0.4, -0.2) is 41.3 Å². The van der Waals surface area contributed by atoms with Gasteiger partial charge in [-0.2, -0.15) is 5.26 Å². The van der Waals surface area contributed by atoms with Crippen molar-refractivity contribution in [2.45, 2.75) is 56.0 Å². The Kier molecular flexibility index (Phi) is 6.82. The van der Waals surface area contributed by atoms with Crippen LogP contribution in [0.2, 0.25) is 0 Å². The SMILES string of the molecule is N#CCCCCC(NC(=O)OCC1c2ccccc2-c2ccccc21)C(=O)NC1(C(=O)O)CC1. The number of hydrogen-bond donors (Lipinski definition) is 3. The number of rotatable bonds is 10. The molecule has 1 atom stereocenters. The Hall–Kier alpha value is -3.86. The number of carboxylic acids is 1. The molecule has 1 fully saturated rings. The highest BCUT2D eigenvalue weighted by molar-refractivity contribution is 5.93. The molecule has 3 N–H and O–H groups in total.